The first-order valence-corrected chi connectivity index (χ1v) is 10.4. The number of carbonyl (C=O) groups excluding carboxylic acids is 1. The summed E-state index contributed by atoms with van der Waals surface area (Å²) in [7, 11) is -3.60. The Kier molecular flexibility index (Phi) is 4.33. The van der Waals surface area contributed by atoms with Crippen LogP contribution in [0.25, 0.3) is 0 Å². The number of rotatable bonds is 4. The van der Waals surface area contributed by atoms with E-state index in [4.69, 9.17) is 0 Å². The van der Waals surface area contributed by atoms with Crippen LogP contribution in [0.4, 0.5) is 0 Å². The van der Waals surface area contributed by atoms with Crippen molar-refractivity contribution in [3.8, 4) is 0 Å². The van der Waals surface area contributed by atoms with Crippen LogP contribution in [0.15, 0.2) is 65.6 Å². The fourth-order valence-corrected chi connectivity index (χ4v) is 6.24. The van der Waals surface area contributed by atoms with Crippen molar-refractivity contribution in [2.45, 2.75) is 29.3 Å². The first-order valence-electron chi connectivity index (χ1n) is 8.93. The van der Waals surface area contributed by atoms with Crippen molar-refractivity contribution in [1.82, 2.24) is 9.21 Å². The van der Waals surface area contributed by atoms with E-state index in [2.05, 4.69) is 0 Å². The quantitative estimate of drug-likeness (QED) is 0.863. The topological polar surface area (TPSA) is 77.9 Å². The van der Waals surface area contributed by atoms with Crippen LogP contribution in [-0.4, -0.2) is 59.9 Å². The molecular formula is C20H22N2O4S. The fraction of sp³-hybridized carbons (Fsp3) is 0.350. The molecule has 0 aromatic heterocycles. The van der Waals surface area contributed by atoms with Gasteiger partial charge in [0.2, 0.25) is 15.9 Å². The molecule has 4 rings (SSSR count). The first-order chi connectivity index (χ1) is 12.9. The highest BCUT2D eigenvalue weighted by atomic mass is 32.2. The molecule has 142 valence electrons. The van der Waals surface area contributed by atoms with Gasteiger partial charge < -0.3 is 10.0 Å². The van der Waals surface area contributed by atoms with E-state index in [1.165, 1.54) is 11.2 Å². The van der Waals surface area contributed by atoms with Gasteiger partial charge in [-0.15, -0.1) is 0 Å². The second-order valence-electron chi connectivity index (χ2n) is 7.22. The molecule has 2 heterocycles. The van der Waals surface area contributed by atoms with Gasteiger partial charge in [-0.1, -0.05) is 48.5 Å². The number of nitrogens with zero attached hydrogens (tertiary/aromatic N) is 2. The number of carbonyl (C=O) groups is 1. The number of benzene rings is 2. The summed E-state index contributed by atoms with van der Waals surface area (Å²) < 4.78 is 27.2. The van der Waals surface area contributed by atoms with Crippen molar-refractivity contribution in [3.05, 3.63) is 66.2 Å². The summed E-state index contributed by atoms with van der Waals surface area (Å²) in [6.45, 7) is 1.80. The van der Waals surface area contributed by atoms with Gasteiger partial charge in [-0.25, -0.2) is 8.42 Å². The number of aliphatic hydroxyl groups excluding tert-OH is 1. The molecule has 1 N–H and O–H groups in total. The maximum Gasteiger partial charge on any atom is 0.243 e. The largest absolute Gasteiger partial charge is 0.394 e. The van der Waals surface area contributed by atoms with Gasteiger partial charge in [0, 0.05) is 25.9 Å². The lowest BCUT2D eigenvalue weighted by Crippen LogP contribution is -2.85. The summed E-state index contributed by atoms with van der Waals surface area (Å²) in [4.78, 5) is 14.2. The average molecular weight is 386 g/mol. The monoisotopic (exact) mass is 386 g/mol. The molecule has 2 aromatic rings. The van der Waals surface area contributed by atoms with E-state index >= 15 is 0 Å². The van der Waals surface area contributed by atoms with Crippen molar-refractivity contribution in [2.75, 3.05) is 19.7 Å². The Bertz CT molecular complexity index is 940. The highest BCUT2D eigenvalue weighted by Gasteiger charge is 2.68. The first kappa shape index (κ1) is 18.2. The molecular weight excluding hydrogens is 364 g/mol. The third kappa shape index (κ3) is 2.61. The van der Waals surface area contributed by atoms with Crippen LogP contribution in [0, 0.1) is 0 Å². The lowest BCUT2D eigenvalue weighted by molar-refractivity contribution is -0.187. The molecule has 2 aliphatic rings. The molecule has 0 bridgehead atoms. The number of amides is 1. The third-order valence-corrected chi connectivity index (χ3v) is 7.55. The van der Waals surface area contributed by atoms with E-state index in [1.54, 1.807) is 35.2 Å². The standard InChI is InChI=1S/C20H22N2O4S/c1-15(24)22-18(12-23)19(16-8-4-2-5-9-16)20(22)13-21(14-20)27(25,26)17-10-6-3-7-11-17/h2-11,18-19,23H,12-14H2,1H3/t18-,19-/m1/s1. The number of hydrogen-bond donors (Lipinski definition) is 1. The Balaban J connectivity index is 1.66. The molecule has 2 aromatic carbocycles. The van der Waals surface area contributed by atoms with E-state index in [0.29, 0.717) is 0 Å². The van der Waals surface area contributed by atoms with Crippen molar-refractivity contribution >= 4 is 15.9 Å². The minimum absolute atomic E-state index is 0.0881. The molecule has 27 heavy (non-hydrogen) atoms. The lowest BCUT2D eigenvalue weighted by Gasteiger charge is -2.69. The molecule has 2 fully saturated rings. The van der Waals surface area contributed by atoms with Gasteiger partial charge in [-0.3, -0.25) is 4.79 Å². The molecule has 6 nitrogen and oxygen atoms in total. The number of hydrogen-bond acceptors (Lipinski definition) is 4. The van der Waals surface area contributed by atoms with Crippen molar-refractivity contribution in [1.29, 1.82) is 0 Å². The molecule has 1 amide bonds. The maximum absolute atomic E-state index is 12.9. The summed E-state index contributed by atoms with van der Waals surface area (Å²) in [5.41, 5.74) is 0.424. The highest BCUT2D eigenvalue weighted by Crippen LogP contribution is 2.54. The number of aliphatic hydroxyl groups is 1. The Labute approximate surface area is 159 Å². The Morgan fingerprint density at radius 2 is 1.63 bits per heavy atom. The van der Waals surface area contributed by atoms with Crippen LogP contribution in [0.5, 0.6) is 0 Å². The summed E-state index contributed by atoms with van der Waals surface area (Å²) >= 11 is 0. The minimum atomic E-state index is -3.60. The zero-order valence-electron chi connectivity index (χ0n) is 15.0. The van der Waals surface area contributed by atoms with Gasteiger partial charge in [0.15, 0.2) is 0 Å². The van der Waals surface area contributed by atoms with E-state index in [0.717, 1.165) is 5.56 Å². The van der Waals surface area contributed by atoms with E-state index in [9.17, 15) is 18.3 Å². The zero-order chi connectivity index (χ0) is 19.2. The SMILES string of the molecule is CC(=O)N1[C@H](CO)[C@@H](c2ccccc2)C12CN(S(=O)(=O)c1ccccc1)C2. The smallest absolute Gasteiger partial charge is 0.243 e. The van der Waals surface area contributed by atoms with Gasteiger partial charge in [0.05, 0.1) is 23.1 Å². The molecule has 2 atom stereocenters. The van der Waals surface area contributed by atoms with Crippen LogP contribution in [0.3, 0.4) is 0 Å². The van der Waals surface area contributed by atoms with E-state index in [1.807, 2.05) is 30.3 Å². The van der Waals surface area contributed by atoms with Gasteiger partial charge in [-0.2, -0.15) is 4.31 Å². The third-order valence-electron chi connectivity index (χ3n) is 5.74. The molecule has 7 heteroatoms. The Hall–Kier alpha value is -2.22. The van der Waals surface area contributed by atoms with E-state index in [-0.39, 0.29) is 42.5 Å². The molecule has 0 saturated carbocycles. The van der Waals surface area contributed by atoms with Crippen molar-refractivity contribution in [3.63, 3.8) is 0 Å². The second-order valence-corrected chi connectivity index (χ2v) is 9.15. The minimum Gasteiger partial charge on any atom is -0.394 e. The fourth-order valence-electron chi connectivity index (χ4n) is 4.66. The average Bonchev–Trinajstić information content (AvgIpc) is 2.61. The summed E-state index contributed by atoms with van der Waals surface area (Å²) in [6.07, 6.45) is 0. The highest BCUT2D eigenvalue weighted by molar-refractivity contribution is 7.89. The van der Waals surface area contributed by atoms with Gasteiger partial charge >= 0.3 is 0 Å². The lowest BCUT2D eigenvalue weighted by atomic mass is 9.61. The van der Waals surface area contributed by atoms with Gasteiger partial charge in [-0.05, 0) is 17.7 Å². The Morgan fingerprint density at radius 3 is 2.15 bits per heavy atom. The van der Waals surface area contributed by atoms with E-state index < -0.39 is 15.6 Å². The number of likely N-dealkylation sites (tertiary alicyclic amines) is 1. The summed E-state index contributed by atoms with van der Waals surface area (Å²) in [5.74, 6) is -0.229. The Morgan fingerprint density at radius 1 is 1.07 bits per heavy atom. The van der Waals surface area contributed by atoms with Crippen LogP contribution < -0.4 is 0 Å². The summed E-state index contributed by atoms with van der Waals surface area (Å²) in [5, 5.41) is 9.87. The van der Waals surface area contributed by atoms with Gasteiger partial charge in [0.25, 0.3) is 0 Å². The van der Waals surface area contributed by atoms with Crippen LogP contribution in [0.1, 0.15) is 18.4 Å². The predicted octanol–water partition coefficient (Wildman–Crippen LogP) is 1.44. The molecule has 0 unspecified atom stereocenters. The normalized spacial score (nSPS) is 24.3. The zero-order valence-corrected chi connectivity index (χ0v) is 15.8. The number of sulfonamides is 1. The molecule has 2 saturated heterocycles. The molecule has 0 aliphatic carbocycles. The molecule has 1 spiro atoms. The van der Waals surface area contributed by atoms with Crippen molar-refractivity contribution < 1.29 is 18.3 Å². The molecule has 0 radical (unpaired) electrons. The summed E-state index contributed by atoms with van der Waals surface area (Å²) in [6, 6.07) is 17.7. The molecule has 2 aliphatic heterocycles. The maximum atomic E-state index is 12.9. The van der Waals surface area contributed by atoms with Gasteiger partial charge in [0.1, 0.15) is 0 Å². The van der Waals surface area contributed by atoms with Crippen molar-refractivity contribution in [2.24, 2.45) is 0 Å². The van der Waals surface area contributed by atoms with Crippen LogP contribution >= 0.6 is 0 Å². The van der Waals surface area contributed by atoms with Crippen LogP contribution in [0.2, 0.25) is 0 Å². The predicted molar refractivity (Wildman–Crippen MR) is 101 cm³/mol. The second kappa shape index (κ2) is 6.44. The van der Waals surface area contributed by atoms with Crippen LogP contribution in [-0.2, 0) is 14.8 Å².